The zero-order chi connectivity index (χ0) is 24.4. The summed E-state index contributed by atoms with van der Waals surface area (Å²) in [7, 11) is 2.68. The molecule has 34 heavy (non-hydrogen) atoms. The van der Waals surface area contributed by atoms with Gasteiger partial charge in [0, 0.05) is 28.7 Å². The first-order valence-electron chi connectivity index (χ1n) is 10.4. The van der Waals surface area contributed by atoms with E-state index < -0.39 is 34.6 Å². The number of benzene rings is 3. The molecule has 3 N–H and O–H groups in total. The molecule has 174 valence electrons. The molecule has 0 aliphatic rings. The van der Waals surface area contributed by atoms with Crippen molar-refractivity contribution in [1.29, 1.82) is 0 Å². The van der Waals surface area contributed by atoms with Gasteiger partial charge >= 0.3 is 5.97 Å². The van der Waals surface area contributed by atoms with Gasteiger partial charge in [-0.05, 0) is 6.07 Å². The number of esters is 1. The molecule has 8 heteroatoms. The number of carbonyl (C=O) groups is 1. The van der Waals surface area contributed by atoms with Gasteiger partial charge in [0.2, 0.25) is 5.75 Å². The molecule has 0 bridgehead atoms. The van der Waals surface area contributed by atoms with Gasteiger partial charge in [-0.2, -0.15) is 0 Å². The smallest absolute Gasteiger partial charge is 0.306 e. The zero-order valence-corrected chi connectivity index (χ0v) is 18.4. The van der Waals surface area contributed by atoms with Crippen molar-refractivity contribution in [2.24, 2.45) is 0 Å². The molecular formula is C26H22O8. The van der Waals surface area contributed by atoms with Crippen molar-refractivity contribution in [3.63, 3.8) is 0 Å². The maximum absolute atomic E-state index is 13.0. The van der Waals surface area contributed by atoms with E-state index in [1.807, 2.05) is 0 Å². The van der Waals surface area contributed by atoms with Crippen LogP contribution >= 0.6 is 0 Å². The maximum atomic E-state index is 13.0. The first-order chi connectivity index (χ1) is 16.4. The van der Waals surface area contributed by atoms with Crippen LogP contribution in [0.25, 0.3) is 22.3 Å². The van der Waals surface area contributed by atoms with Crippen molar-refractivity contribution < 1.29 is 34.0 Å². The molecule has 8 nitrogen and oxygen atoms in total. The molecule has 0 aliphatic heterocycles. The third kappa shape index (κ3) is 3.90. The molecule has 0 radical (unpaired) electrons. The van der Waals surface area contributed by atoms with E-state index in [1.165, 1.54) is 20.3 Å². The first kappa shape index (κ1) is 22.7. The number of aromatic hydroxyl groups is 3. The number of hydrogen-bond donors (Lipinski definition) is 3. The van der Waals surface area contributed by atoms with Crippen LogP contribution < -0.4 is 10.2 Å². The number of para-hydroxylation sites is 1. The molecular weight excluding hydrogens is 440 g/mol. The molecule has 1 aromatic heterocycles. The Bertz CT molecular complexity index is 1420. The van der Waals surface area contributed by atoms with Crippen LogP contribution in [0, 0.1) is 0 Å². The third-order valence-corrected chi connectivity index (χ3v) is 5.65. The first-order valence-corrected chi connectivity index (χ1v) is 10.4. The number of ether oxygens (including phenoxy) is 2. The fourth-order valence-electron chi connectivity index (χ4n) is 4.01. The van der Waals surface area contributed by atoms with Gasteiger partial charge in [0.05, 0.1) is 20.6 Å². The number of methoxy groups -OCH3 is 2. The summed E-state index contributed by atoms with van der Waals surface area (Å²) >= 11 is 0. The van der Waals surface area contributed by atoms with Gasteiger partial charge in [0.25, 0.3) is 0 Å². The predicted octanol–water partition coefficient (Wildman–Crippen LogP) is 4.28. The van der Waals surface area contributed by atoms with Crippen molar-refractivity contribution in [2.45, 2.75) is 12.3 Å². The minimum absolute atomic E-state index is 0.0601. The Morgan fingerprint density at radius 2 is 1.62 bits per heavy atom. The number of rotatable bonds is 6. The van der Waals surface area contributed by atoms with Gasteiger partial charge in [0.15, 0.2) is 16.9 Å². The lowest BCUT2D eigenvalue weighted by atomic mass is 9.85. The highest BCUT2D eigenvalue weighted by molar-refractivity contribution is 5.93. The van der Waals surface area contributed by atoms with E-state index in [0.717, 1.165) is 0 Å². The number of carbonyl (C=O) groups excluding carboxylic acids is 1. The second kappa shape index (κ2) is 9.19. The number of hydrogen-bond acceptors (Lipinski definition) is 8. The van der Waals surface area contributed by atoms with Crippen LogP contribution in [0.1, 0.15) is 23.5 Å². The topological polar surface area (TPSA) is 126 Å². The third-order valence-electron chi connectivity index (χ3n) is 5.65. The molecule has 1 heterocycles. The number of phenolic OH excluding ortho intramolecular Hbond substituents is 3. The average molecular weight is 462 g/mol. The molecule has 4 aromatic rings. The second-order valence-corrected chi connectivity index (χ2v) is 7.58. The molecule has 0 fully saturated rings. The van der Waals surface area contributed by atoms with Crippen LogP contribution in [-0.4, -0.2) is 35.5 Å². The largest absolute Gasteiger partial charge is 0.504 e. The van der Waals surface area contributed by atoms with E-state index >= 15 is 0 Å². The molecule has 0 saturated carbocycles. The van der Waals surface area contributed by atoms with Crippen molar-refractivity contribution in [3.8, 4) is 34.3 Å². The summed E-state index contributed by atoms with van der Waals surface area (Å²) in [5.74, 6) is -3.42. The van der Waals surface area contributed by atoms with E-state index in [9.17, 15) is 24.9 Å². The van der Waals surface area contributed by atoms with Gasteiger partial charge in [-0.1, -0.05) is 48.5 Å². The van der Waals surface area contributed by atoms with Crippen LogP contribution in [0.2, 0.25) is 0 Å². The van der Waals surface area contributed by atoms with Crippen LogP contribution in [0.5, 0.6) is 23.0 Å². The van der Waals surface area contributed by atoms with Gasteiger partial charge in [-0.15, -0.1) is 0 Å². The van der Waals surface area contributed by atoms with E-state index in [-0.39, 0.29) is 28.7 Å². The molecule has 3 aromatic carbocycles. The highest BCUT2D eigenvalue weighted by Gasteiger charge is 2.32. The zero-order valence-electron chi connectivity index (χ0n) is 18.4. The van der Waals surface area contributed by atoms with E-state index in [1.54, 1.807) is 54.6 Å². The Hall–Kier alpha value is -4.46. The van der Waals surface area contributed by atoms with E-state index in [4.69, 9.17) is 13.9 Å². The summed E-state index contributed by atoms with van der Waals surface area (Å²) in [5, 5.41) is 31.6. The van der Waals surface area contributed by atoms with Gasteiger partial charge in [-0.25, -0.2) is 0 Å². The number of fused-ring (bicyclic) bond motifs is 1. The Morgan fingerprint density at radius 3 is 2.29 bits per heavy atom. The SMILES string of the molecule is COC(=O)CC(c1ccccc1OC)c1c(O)c(O)c(O)c2c(=O)cc(-c3ccccc3)oc12. The molecule has 1 atom stereocenters. The lowest BCUT2D eigenvalue weighted by Gasteiger charge is -2.22. The minimum atomic E-state index is -0.952. The van der Waals surface area contributed by atoms with Gasteiger partial charge in [0.1, 0.15) is 22.5 Å². The fraction of sp³-hybridized carbons (Fsp3) is 0.154. The lowest BCUT2D eigenvalue weighted by molar-refractivity contribution is -0.140. The van der Waals surface area contributed by atoms with Crippen LogP contribution in [0.4, 0.5) is 0 Å². The summed E-state index contributed by atoms with van der Waals surface area (Å²) < 4.78 is 16.3. The maximum Gasteiger partial charge on any atom is 0.306 e. The van der Waals surface area contributed by atoms with Crippen LogP contribution in [0.15, 0.2) is 69.9 Å². The van der Waals surface area contributed by atoms with E-state index in [2.05, 4.69) is 0 Å². The van der Waals surface area contributed by atoms with Crippen molar-refractivity contribution in [2.75, 3.05) is 14.2 Å². The highest BCUT2D eigenvalue weighted by Crippen LogP contribution is 2.50. The second-order valence-electron chi connectivity index (χ2n) is 7.58. The molecule has 4 rings (SSSR count). The summed E-state index contributed by atoms with van der Waals surface area (Å²) in [5.41, 5.74) is 0.200. The quantitative estimate of drug-likeness (QED) is 0.286. The monoisotopic (exact) mass is 462 g/mol. The summed E-state index contributed by atoms with van der Waals surface area (Å²) in [6.45, 7) is 0. The molecule has 0 spiro atoms. The lowest BCUT2D eigenvalue weighted by Crippen LogP contribution is -2.13. The minimum Gasteiger partial charge on any atom is -0.504 e. The predicted molar refractivity (Wildman–Crippen MR) is 124 cm³/mol. The van der Waals surface area contributed by atoms with E-state index in [0.29, 0.717) is 16.9 Å². The van der Waals surface area contributed by atoms with Crippen molar-refractivity contribution in [1.82, 2.24) is 0 Å². The van der Waals surface area contributed by atoms with Gasteiger partial charge in [-0.3, -0.25) is 9.59 Å². The van der Waals surface area contributed by atoms with Crippen molar-refractivity contribution in [3.05, 3.63) is 82.0 Å². The Balaban J connectivity index is 2.12. The number of phenols is 3. The molecule has 0 amide bonds. The average Bonchev–Trinajstić information content (AvgIpc) is 2.86. The summed E-state index contributed by atoms with van der Waals surface area (Å²) in [4.78, 5) is 25.4. The fourth-order valence-corrected chi connectivity index (χ4v) is 4.01. The standard InChI is InChI=1S/C26H22O8/c1-32-18-11-7-6-10-15(18)16(12-20(28)33-2)21-23(29)25(31)24(30)22-17(27)13-19(34-26(21)22)14-8-4-3-5-9-14/h3-11,13,16,29-31H,12H2,1-2H3. The van der Waals surface area contributed by atoms with Gasteiger partial charge < -0.3 is 29.2 Å². The molecule has 1 unspecified atom stereocenters. The van der Waals surface area contributed by atoms with Crippen molar-refractivity contribution >= 4 is 16.9 Å². The Kier molecular flexibility index (Phi) is 6.14. The summed E-state index contributed by atoms with van der Waals surface area (Å²) in [6, 6.07) is 16.8. The molecule has 0 saturated heterocycles. The summed E-state index contributed by atoms with van der Waals surface area (Å²) in [6.07, 6.45) is -0.275. The Morgan fingerprint density at radius 1 is 0.941 bits per heavy atom. The normalized spacial score (nSPS) is 11.8. The molecule has 0 aliphatic carbocycles. The van der Waals surface area contributed by atoms with Crippen LogP contribution in [0.3, 0.4) is 0 Å². The van der Waals surface area contributed by atoms with Crippen LogP contribution in [-0.2, 0) is 9.53 Å². The Labute approximate surface area is 194 Å². The highest BCUT2D eigenvalue weighted by atomic mass is 16.5.